The Morgan fingerprint density at radius 2 is 2.08 bits per heavy atom. The zero-order chi connectivity index (χ0) is 16.5. The molecule has 0 saturated heterocycles. The molecule has 1 amide bonds. The van der Waals surface area contributed by atoms with Crippen LogP contribution in [0.3, 0.4) is 0 Å². The number of benzene rings is 2. The molecule has 0 spiro atoms. The average Bonchev–Trinajstić information content (AvgIpc) is 3.15. The van der Waals surface area contributed by atoms with Crippen LogP contribution < -0.4 is 5.32 Å². The van der Waals surface area contributed by atoms with E-state index in [1.54, 1.807) is 13.0 Å². The molecule has 0 bridgehead atoms. The lowest BCUT2D eigenvalue weighted by atomic mass is 10.2. The van der Waals surface area contributed by atoms with Crippen molar-refractivity contribution < 1.29 is 9.21 Å². The third-order valence-corrected chi connectivity index (χ3v) is 4.04. The van der Waals surface area contributed by atoms with Crippen molar-refractivity contribution in [3.63, 3.8) is 0 Å². The first-order valence-corrected chi connectivity index (χ1v) is 7.90. The van der Waals surface area contributed by atoms with Gasteiger partial charge in [0.25, 0.3) is 0 Å². The smallest absolute Gasteiger partial charge is 0.226 e. The van der Waals surface area contributed by atoms with Crippen LogP contribution in [0, 0.1) is 6.92 Å². The number of carbonyl (C=O) groups is 1. The lowest BCUT2D eigenvalue weighted by Crippen LogP contribution is -2.14. The number of amides is 1. The van der Waals surface area contributed by atoms with Gasteiger partial charge in [0.2, 0.25) is 5.91 Å². The molecule has 4 aromatic rings. The minimum absolute atomic E-state index is 0.0247. The van der Waals surface area contributed by atoms with Crippen LogP contribution in [-0.2, 0) is 11.3 Å². The Hall–Kier alpha value is -3.08. The second kappa shape index (κ2) is 5.85. The Morgan fingerprint density at radius 3 is 3.00 bits per heavy atom. The van der Waals surface area contributed by atoms with E-state index in [-0.39, 0.29) is 5.91 Å². The molecule has 0 saturated carbocycles. The van der Waals surface area contributed by atoms with Crippen molar-refractivity contribution in [3.05, 3.63) is 60.6 Å². The summed E-state index contributed by atoms with van der Waals surface area (Å²) in [6, 6.07) is 15.7. The van der Waals surface area contributed by atoms with Crippen molar-refractivity contribution in [1.82, 2.24) is 9.55 Å². The van der Waals surface area contributed by atoms with Gasteiger partial charge >= 0.3 is 0 Å². The van der Waals surface area contributed by atoms with Crippen LogP contribution in [0.25, 0.3) is 22.0 Å². The van der Waals surface area contributed by atoms with Crippen molar-refractivity contribution in [2.45, 2.75) is 19.9 Å². The highest BCUT2D eigenvalue weighted by Crippen LogP contribution is 2.20. The highest BCUT2D eigenvalue weighted by Gasteiger charge is 2.07. The first-order valence-electron chi connectivity index (χ1n) is 7.90. The molecular formula is C19H17N3O2. The van der Waals surface area contributed by atoms with Gasteiger partial charge in [-0.25, -0.2) is 4.98 Å². The summed E-state index contributed by atoms with van der Waals surface area (Å²) in [5.41, 5.74) is 3.34. The second-order valence-electron chi connectivity index (χ2n) is 5.78. The third kappa shape index (κ3) is 2.76. The molecule has 24 heavy (non-hydrogen) atoms. The number of aromatic nitrogens is 2. The van der Waals surface area contributed by atoms with E-state index in [2.05, 4.69) is 33.1 Å². The van der Waals surface area contributed by atoms with Crippen LogP contribution >= 0.6 is 0 Å². The van der Waals surface area contributed by atoms with Crippen LogP contribution in [0.15, 0.2) is 59.1 Å². The number of nitrogens with one attached hydrogen (secondary N) is 1. The molecule has 4 rings (SSSR count). The van der Waals surface area contributed by atoms with Gasteiger partial charge in [0, 0.05) is 43.4 Å². The lowest BCUT2D eigenvalue weighted by Gasteiger charge is -2.07. The third-order valence-electron chi connectivity index (χ3n) is 4.04. The molecule has 0 aliphatic carbocycles. The zero-order valence-corrected chi connectivity index (χ0v) is 13.3. The molecule has 5 heteroatoms. The summed E-state index contributed by atoms with van der Waals surface area (Å²) in [5.74, 6) is 0.594. The number of hydrogen-bond acceptors (Lipinski definition) is 3. The summed E-state index contributed by atoms with van der Waals surface area (Å²) >= 11 is 0. The standard InChI is InChI=1S/C19H17N3O2/c1-13-20-16-7-6-15(12-18(16)24-13)21-19(23)9-11-22-10-8-14-4-2-3-5-17(14)22/h2-8,10,12H,9,11H2,1H3,(H,21,23). The lowest BCUT2D eigenvalue weighted by molar-refractivity contribution is -0.116. The fourth-order valence-corrected chi connectivity index (χ4v) is 2.90. The van der Waals surface area contributed by atoms with E-state index < -0.39 is 0 Å². The molecule has 2 heterocycles. The van der Waals surface area contributed by atoms with E-state index in [9.17, 15) is 4.79 Å². The van der Waals surface area contributed by atoms with Crippen molar-refractivity contribution in [1.29, 1.82) is 0 Å². The maximum absolute atomic E-state index is 12.2. The Morgan fingerprint density at radius 1 is 1.21 bits per heavy atom. The molecule has 0 unspecified atom stereocenters. The number of hydrogen-bond donors (Lipinski definition) is 1. The van der Waals surface area contributed by atoms with Crippen LogP contribution in [-0.4, -0.2) is 15.5 Å². The summed E-state index contributed by atoms with van der Waals surface area (Å²) in [5, 5.41) is 4.10. The average molecular weight is 319 g/mol. The van der Waals surface area contributed by atoms with E-state index in [0.29, 0.717) is 24.4 Å². The number of anilines is 1. The first-order chi connectivity index (χ1) is 11.7. The number of rotatable bonds is 4. The Bertz CT molecular complexity index is 1030. The van der Waals surface area contributed by atoms with E-state index in [1.165, 1.54) is 5.39 Å². The molecule has 0 radical (unpaired) electrons. The molecule has 2 aromatic carbocycles. The van der Waals surface area contributed by atoms with E-state index in [4.69, 9.17) is 4.42 Å². The SMILES string of the molecule is Cc1nc2ccc(NC(=O)CCn3ccc4ccccc43)cc2o1. The number of carbonyl (C=O) groups excluding carboxylic acids is 1. The summed E-state index contributed by atoms with van der Waals surface area (Å²) in [4.78, 5) is 16.5. The molecule has 2 aromatic heterocycles. The number of aryl methyl sites for hydroxylation is 2. The van der Waals surface area contributed by atoms with Crippen LogP contribution in [0.4, 0.5) is 5.69 Å². The molecular weight excluding hydrogens is 302 g/mol. The maximum atomic E-state index is 12.2. The Labute approximate surface area is 138 Å². The summed E-state index contributed by atoms with van der Waals surface area (Å²) in [6.07, 6.45) is 2.42. The fraction of sp³-hybridized carbons (Fsp3) is 0.158. The predicted octanol–water partition coefficient (Wildman–Crippen LogP) is 4.12. The molecule has 120 valence electrons. The molecule has 0 atom stereocenters. The Balaban J connectivity index is 1.44. The topological polar surface area (TPSA) is 60.1 Å². The van der Waals surface area contributed by atoms with Crippen molar-refractivity contribution in [2.75, 3.05) is 5.32 Å². The predicted molar refractivity (Wildman–Crippen MR) is 93.9 cm³/mol. The van der Waals surface area contributed by atoms with Gasteiger partial charge in [-0.15, -0.1) is 0 Å². The van der Waals surface area contributed by atoms with Crippen LogP contribution in [0.5, 0.6) is 0 Å². The normalized spacial score (nSPS) is 11.2. The Kier molecular flexibility index (Phi) is 3.54. The second-order valence-corrected chi connectivity index (χ2v) is 5.78. The minimum atomic E-state index is -0.0247. The first kappa shape index (κ1) is 14.5. The summed E-state index contributed by atoms with van der Waals surface area (Å²) in [7, 11) is 0. The number of fused-ring (bicyclic) bond motifs is 2. The quantitative estimate of drug-likeness (QED) is 0.615. The van der Waals surface area contributed by atoms with Gasteiger partial charge in [-0.3, -0.25) is 4.79 Å². The van der Waals surface area contributed by atoms with Crippen LogP contribution in [0.1, 0.15) is 12.3 Å². The van der Waals surface area contributed by atoms with Crippen molar-refractivity contribution in [2.24, 2.45) is 0 Å². The van der Waals surface area contributed by atoms with Gasteiger partial charge in [-0.2, -0.15) is 0 Å². The summed E-state index contributed by atoms with van der Waals surface area (Å²) in [6.45, 7) is 2.45. The van der Waals surface area contributed by atoms with Gasteiger partial charge < -0.3 is 14.3 Å². The fourth-order valence-electron chi connectivity index (χ4n) is 2.90. The van der Waals surface area contributed by atoms with E-state index in [1.807, 2.05) is 30.5 Å². The number of oxazole rings is 1. The highest BCUT2D eigenvalue weighted by molar-refractivity contribution is 5.92. The van der Waals surface area contributed by atoms with Gasteiger partial charge in [-0.1, -0.05) is 18.2 Å². The largest absolute Gasteiger partial charge is 0.441 e. The van der Waals surface area contributed by atoms with Gasteiger partial charge in [0.15, 0.2) is 11.5 Å². The van der Waals surface area contributed by atoms with Crippen LogP contribution in [0.2, 0.25) is 0 Å². The van der Waals surface area contributed by atoms with E-state index in [0.717, 1.165) is 16.7 Å². The van der Waals surface area contributed by atoms with E-state index >= 15 is 0 Å². The highest BCUT2D eigenvalue weighted by atomic mass is 16.3. The number of para-hydroxylation sites is 1. The van der Waals surface area contributed by atoms with Gasteiger partial charge in [0.05, 0.1) is 0 Å². The zero-order valence-electron chi connectivity index (χ0n) is 13.3. The summed E-state index contributed by atoms with van der Waals surface area (Å²) < 4.78 is 7.59. The monoisotopic (exact) mass is 319 g/mol. The molecule has 0 fully saturated rings. The van der Waals surface area contributed by atoms with Crippen molar-refractivity contribution in [3.8, 4) is 0 Å². The number of nitrogens with zero attached hydrogens (tertiary/aromatic N) is 2. The molecule has 5 nitrogen and oxygen atoms in total. The molecule has 1 N–H and O–H groups in total. The molecule has 0 aliphatic rings. The molecule has 0 aliphatic heterocycles. The van der Waals surface area contributed by atoms with Gasteiger partial charge in [-0.05, 0) is 29.7 Å². The minimum Gasteiger partial charge on any atom is -0.441 e. The van der Waals surface area contributed by atoms with Gasteiger partial charge in [0.1, 0.15) is 5.52 Å². The maximum Gasteiger partial charge on any atom is 0.226 e. The van der Waals surface area contributed by atoms with Crippen molar-refractivity contribution >= 4 is 33.6 Å².